The number of para-hydroxylation sites is 1. The standard InChI is InChI=1S/C22H23ClN4O3/c1-30-20-5-3-2-4-16(20)13-24-21(28)14-26-10-11-27-19(22(26)29)12-18(25-27)15-6-8-17(23)9-7-15/h2-11,18-19,25H,12-14H2,1H3,(H,24,28). The number of nitrogens with zero attached hydrogens (tertiary/aromatic N) is 2. The van der Waals surface area contributed by atoms with Crippen LogP contribution in [0.5, 0.6) is 5.75 Å². The third-order valence-corrected chi connectivity index (χ3v) is 5.58. The SMILES string of the molecule is COc1ccccc1CNC(=O)CN1C=CN2NC(c3ccc(Cl)cc3)CC2C1=O. The molecule has 2 aromatic carbocycles. The molecule has 2 unspecified atom stereocenters. The summed E-state index contributed by atoms with van der Waals surface area (Å²) in [6.07, 6.45) is 4.05. The van der Waals surface area contributed by atoms with Gasteiger partial charge in [0, 0.05) is 29.5 Å². The van der Waals surface area contributed by atoms with E-state index in [-0.39, 0.29) is 30.4 Å². The fourth-order valence-electron chi connectivity index (χ4n) is 3.73. The molecule has 4 rings (SSSR count). The fraction of sp³-hybridized carbons (Fsp3) is 0.273. The molecule has 0 spiro atoms. The number of hydrogen-bond acceptors (Lipinski definition) is 5. The molecule has 156 valence electrons. The van der Waals surface area contributed by atoms with Gasteiger partial charge < -0.3 is 20.0 Å². The van der Waals surface area contributed by atoms with Crippen molar-refractivity contribution in [2.45, 2.75) is 25.0 Å². The van der Waals surface area contributed by atoms with Gasteiger partial charge in [-0.15, -0.1) is 0 Å². The van der Waals surface area contributed by atoms with Crippen molar-refractivity contribution in [1.82, 2.24) is 20.7 Å². The lowest BCUT2D eigenvalue weighted by atomic mass is 10.0. The number of rotatable bonds is 6. The quantitative estimate of drug-likeness (QED) is 0.742. The molecule has 2 aliphatic heterocycles. The maximum atomic E-state index is 12.9. The number of hydrazine groups is 1. The molecule has 2 aliphatic rings. The van der Waals surface area contributed by atoms with E-state index in [0.717, 1.165) is 11.1 Å². The zero-order valence-electron chi connectivity index (χ0n) is 16.5. The monoisotopic (exact) mass is 426 g/mol. The highest BCUT2D eigenvalue weighted by molar-refractivity contribution is 6.30. The van der Waals surface area contributed by atoms with Crippen LogP contribution in [0.3, 0.4) is 0 Å². The van der Waals surface area contributed by atoms with Crippen molar-refractivity contribution in [3.8, 4) is 5.75 Å². The first-order chi connectivity index (χ1) is 14.5. The maximum absolute atomic E-state index is 12.9. The normalized spacial score (nSPS) is 20.3. The lowest BCUT2D eigenvalue weighted by molar-refractivity contribution is -0.138. The highest BCUT2D eigenvalue weighted by Gasteiger charge is 2.40. The van der Waals surface area contributed by atoms with E-state index in [4.69, 9.17) is 16.3 Å². The van der Waals surface area contributed by atoms with E-state index in [0.29, 0.717) is 23.7 Å². The molecule has 2 amide bonds. The number of nitrogens with one attached hydrogen (secondary N) is 2. The van der Waals surface area contributed by atoms with Gasteiger partial charge in [0.1, 0.15) is 18.3 Å². The number of fused-ring (bicyclic) bond motifs is 1. The Morgan fingerprint density at radius 2 is 1.97 bits per heavy atom. The van der Waals surface area contributed by atoms with Gasteiger partial charge in [-0.05, 0) is 30.2 Å². The lowest BCUT2D eigenvalue weighted by Crippen LogP contribution is -2.50. The van der Waals surface area contributed by atoms with Gasteiger partial charge in [-0.3, -0.25) is 9.59 Å². The van der Waals surface area contributed by atoms with Crippen molar-refractivity contribution in [3.63, 3.8) is 0 Å². The van der Waals surface area contributed by atoms with Gasteiger partial charge in [0.2, 0.25) is 5.91 Å². The van der Waals surface area contributed by atoms with Gasteiger partial charge in [0.15, 0.2) is 0 Å². The number of carbonyl (C=O) groups excluding carboxylic acids is 2. The van der Waals surface area contributed by atoms with Crippen LogP contribution in [-0.4, -0.2) is 41.4 Å². The van der Waals surface area contributed by atoms with E-state index < -0.39 is 0 Å². The smallest absolute Gasteiger partial charge is 0.251 e. The minimum absolute atomic E-state index is 0.0141. The average Bonchev–Trinajstić information content (AvgIpc) is 3.20. The minimum atomic E-state index is -0.349. The highest BCUT2D eigenvalue weighted by Crippen LogP contribution is 2.31. The molecule has 1 saturated heterocycles. The Kier molecular flexibility index (Phi) is 5.92. The zero-order chi connectivity index (χ0) is 21.1. The van der Waals surface area contributed by atoms with Crippen LogP contribution in [0.1, 0.15) is 23.6 Å². The molecule has 7 nitrogen and oxygen atoms in total. The number of hydrogen-bond donors (Lipinski definition) is 2. The summed E-state index contributed by atoms with van der Waals surface area (Å²) in [7, 11) is 1.59. The third kappa shape index (κ3) is 4.27. The number of methoxy groups -OCH3 is 1. The molecule has 30 heavy (non-hydrogen) atoms. The van der Waals surface area contributed by atoms with Gasteiger partial charge in [0.05, 0.1) is 13.2 Å². The minimum Gasteiger partial charge on any atom is -0.496 e. The lowest BCUT2D eigenvalue weighted by Gasteiger charge is -2.31. The number of benzene rings is 2. The van der Waals surface area contributed by atoms with E-state index in [1.165, 1.54) is 4.90 Å². The van der Waals surface area contributed by atoms with Crippen molar-refractivity contribution in [1.29, 1.82) is 0 Å². The predicted octanol–water partition coefficient (Wildman–Crippen LogP) is 2.60. The summed E-state index contributed by atoms with van der Waals surface area (Å²) in [6.45, 7) is 0.310. The van der Waals surface area contributed by atoms with Crippen LogP contribution in [0, 0.1) is 0 Å². The average molecular weight is 427 g/mol. The Hall–Kier alpha value is -3.03. The molecule has 2 heterocycles. The molecular formula is C22H23ClN4O3. The molecule has 2 atom stereocenters. The Morgan fingerprint density at radius 1 is 1.20 bits per heavy atom. The van der Waals surface area contributed by atoms with E-state index in [1.54, 1.807) is 19.5 Å². The molecule has 0 aromatic heterocycles. The van der Waals surface area contributed by atoms with Gasteiger partial charge in [-0.2, -0.15) is 0 Å². The van der Waals surface area contributed by atoms with E-state index in [9.17, 15) is 9.59 Å². The number of amides is 2. The van der Waals surface area contributed by atoms with Crippen LogP contribution in [0.2, 0.25) is 5.02 Å². The highest BCUT2D eigenvalue weighted by atomic mass is 35.5. The van der Waals surface area contributed by atoms with Crippen LogP contribution in [0.4, 0.5) is 0 Å². The summed E-state index contributed by atoms with van der Waals surface area (Å²) in [6, 6.07) is 14.8. The fourth-order valence-corrected chi connectivity index (χ4v) is 3.86. The molecular weight excluding hydrogens is 404 g/mol. The molecule has 0 saturated carbocycles. The zero-order valence-corrected chi connectivity index (χ0v) is 17.3. The first-order valence-electron chi connectivity index (χ1n) is 9.72. The van der Waals surface area contributed by atoms with Crippen LogP contribution < -0.4 is 15.5 Å². The topological polar surface area (TPSA) is 73.9 Å². The van der Waals surface area contributed by atoms with E-state index >= 15 is 0 Å². The van der Waals surface area contributed by atoms with Gasteiger partial charge >= 0.3 is 0 Å². The Labute approximate surface area is 180 Å². The predicted molar refractivity (Wildman–Crippen MR) is 113 cm³/mol. The number of ether oxygens (including phenoxy) is 1. The summed E-state index contributed by atoms with van der Waals surface area (Å²) >= 11 is 5.97. The van der Waals surface area contributed by atoms with Crippen LogP contribution in [0.25, 0.3) is 0 Å². The molecule has 0 aliphatic carbocycles. The van der Waals surface area contributed by atoms with Crippen LogP contribution in [-0.2, 0) is 16.1 Å². The van der Waals surface area contributed by atoms with Crippen molar-refractivity contribution >= 4 is 23.4 Å². The molecule has 2 N–H and O–H groups in total. The van der Waals surface area contributed by atoms with Gasteiger partial charge in [-0.25, -0.2) is 5.43 Å². The summed E-state index contributed by atoms with van der Waals surface area (Å²) in [5, 5.41) is 5.34. The van der Waals surface area contributed by atoms with Gasteiger partial charge in [0.25, 0.3) is 5.91 Å². The van der Waals surface area contributed by atoms with E-state index in [1.807, 2.05) is 53.5 Å². The van der Waals surface area contributed by atoms with Crippen molar-refractivity contribution in [2.24, 2.45) is 0 Å². The van der Waals surface area contributed by atoms with Crippen molar-refractivity contribution in [2.75, 3.05) is 13.7 Å². The van der Waals surface area contributed by atoms with Crippen LogP contribution >= 0.6 is 11.6 Å². The summed E-state index contributed by atoms with van der Waals surface area (Å²) in [5.41, 5.74) is 5.28. The molecule has 0 radical (unpaired) electrons. The maximum Gasteiger partial charge on any atom is 0.251 e. The second kappa shape index (κ2) is 8.77. The number of carbonyl (C=O) groups is 2. The Balaban J connectivity index is 1.34. The van der Waals surface area contributed by atoms with E-state index in [2.05, 4.69) is 10.7 Å². The Morgan fingerprint density at radius 3 is 2.73 bits per heavy atom. The molecule has 1 fully saturated rings. The Bertz CT molecular complexity index is 963. The first-order valence-corrected chi connectivity index (χ1v) is 10.1. The second-order valence-electron chi connectivity index (χ2n) is 7.24. The summed E-state index contributed by atoms with van der Waals surface area (Å²) < 4.78 is 5.30. The molecule has 2 aromatic rings. The molecule has 0 bridgehead atoms. The van der Waals surface area contributed by atoms with Crippen molar-refractivity contribution in [3.05, 3.63) is 77.1 Å². The largest absolute Gasteiger partial charge is 0.496 e. The third-order valence-electron chi connectivity index (χ3n) is 5.33. The summed E-state index contributed by atoms with van der Waals surface area (Å²) in [5.74, 6) is 0.383. The second-order valence-corrected chi connectivity index (χ2v) is 7.68. The van der Waals surface area contributed by atoms with Crippen molar-refractivity contribution < 1.29 is 14.3 Å². The van der Waals surface area contributed by atoms with Crippen LogP contribution in [0.15, 0.2) is 60.9 Å². The van der Waals surface area contributed by atoms with Gasteiger partial charge in [-0.1, -0.05) is 41.9 Å². The number of halogens is 1. The summed E-state index contributed by atoms with van der Waals surface area (Å²) in [4.78, 5) is 26.8. The molecule has 8 heteroatoms. The first kappa shape index (κ1) is 20.3.